The van der Waals surface area contributed by atoms with Crippen LogP contribution in [0.5, 0.6) is 0 Å². The normalized spacial score (nSPS) is 22.4. The zero-order chi connectivity index (χ0) is 13.7. The summed E-state index contributed by atoms with van der Waals surface area (Å²) >= 11 is 0. The highest BCUT2D eigenvalue weighted by Gasteiger charge is 2.37. The van der Waals surface area contributed by atoms with Gasteiger partial charge in [-0.2, -0.15) is 0 Å². The molecule has 2 rings (SSSR count). The molecule has 3 nitrogen and oxygen atoms in total. The third-order valence-electron chi connectivity index (χ3n) is 3.50. The maximum atomic E-state index is 12.2. The Morgan fingerprint density at radius 3 is 2.63 bits per heavy atom. The van der Waals surface area contributed by atoms with Gasteiger partial charge in [0.15, 0.2) is 5.78 Å². The lowest BCUT2D eigenvalue weighted by molar-refractivity contribution is -0.116. The topological polar surface area (TPSA) is 46.5 Å². The van der Waals surface area contributed by atoms with Crippen LogP contribution in [0.3, 0.4) is 0 Å². The molecule has 1 aromatic rings. The molecule has 19 heavy (non-hydrogen) atoms. The zero-order valence-electron chi connectivity index (χ0n) is 11.2. The highest BCUT2D eigenvalue weighted by atomic mass is 16.5. The Labute approximate surface area is 113 Å². The smallest absolute Gasteiger partial charge is 0.167 e. The molecule has 0 heterocycles. The van der Waals surface area contributed by atoms with Gasteiger partial charge < -0.3 is 9.84 Å². The van der Waals surface area contributed by atoms with Crippen LogP contribution < -0.4 is 0 Å². The fourth-order valence-electron chi connectivity index (χ4n) is 2.69. The van der Waals surface area contributed by atoms with E-state index in [1.807, 2.05) is 37.3 Å². The zero-order valence-corrected chi connectivity index (χ0v) is 11.2. The van der Waals surface area contributed by atoms with Crippen LogP contribution in [-0.4, -0.2) is 24.1 Å². The second-order valence-corrected chi connectivity index (χ2v) is 4.74. The van der Waals surface area contributed by atoms with Gasteiger partial charge in [0.2, 0.25) is 0 Å². The summed E-state index contributed by atoms with van der Waals surface area (Å²) in [4.78, 5) is 12.2. The monoisotopic (exact) mass is 260 g/mol. The molecule has 0 spiro atoms. The van der Waals surface area contributed by atoms with Crippen LogP contribution in [0.2, 0.25) is 0 Å². The minimum Gasteiger partial charge on any atom is -0.498 e. The Bertz CT molecular complexity index is 450. The van der Waals surface area contributed by atoms with E-state index < -0.39 is 0 Å². The maximum absolute atomic E-state index is 12.2. The first-order valence-corrected chi connectivity index (χ1v) is 6.82. The molecule has 2 atom stereocenters. The Kier molecular flexibility index (Phi) is 4.74. The number of carbonyl (C=O) groups is 1. The summed E-state index contributed by atoms with van der Waals surface area (Å²) < 4.78 is 5.59. The molecule has 0 aliphatic heterocycles. The fraction of sp³-hybridized carbons (Fsp3) is 0.438. The third-order valence-corrected chi connectivity index (χ3v) is 3.50. The number of ketones is 1. The van der Waals surface area contributed by atoms with E-state index in [9.17, 15) is 4.79 Å². The van der Waals surface area contributed by atoms with Crippen molar-refractivity contribution >= 4 is 5.78 Å². The number of carbonyl (C=O) groups excluding carboxylic acids is 1. The van der Waals surface area contributed by atoms with Crippen molar-refractivity contribution in [1.82, 2.24) is 0 Å². The van der Waals surface area contributed by atoms with Crippen molar-refractivity contribution in [3.8, 4) is 0 Å². The summed E-state index contributed by atoms with van der Waals surface area (Å²) in [6, 6.07) is 9.81. The van der Waals surface area contributed by atoms with Crippen molar-refractivity contribution in [2.24, 2.45) is 5.92 Å². The number of aliphatic hydroxyl groups is 1. The van der Waals surface area contributed by atoms with Gasteiger partial charge in [0, 0.05) is 18.6 Å². The maximum Gasteiger partial charge on any atom is 0.167 e. The molecule has 0 saturated carbocycles. The highest BCUT2D eigenvalue weighted by Crippen LogP contribution is 2.40. The molecule has 1 aromatic carbocycles. The first-order valence-electron chi connectivity index (χ1n) is 6.82. The van der Waals surface area contributed by atoms with Crippen molar-refractivity contribution in [3.05, 3.63) is 47.7 Å². The van der Waals surface area contributed by atoms with Crippen LogP contribution >= 0.6 is 0 Å². The van der Waals surface area contributed by atoms with E-state index in [0.717, 1.165) is 17.7 Å². The molecular weight excluding hydrogens is 240 g/mol. The van der Waals surface area contributed by atoms with Crippen LogP contribution in [0.1, 0.15) is 31.2 Å². The lowest BCUT2D eigenvalue weighted by Gasteiger charge is -2.21. The lowest BCUT2D eigenvalue weighted by Crippen LogP contribution is -2.17. The molecule has 0 aromatic heterocycles. The molecule has 0 radical (unpaired) electrons. The number of ether oxygens (including phenoxy) is 1. The molecule has 1 N–H and O–H groups in total. The van der Waals surface area contributed by atoms with Gasteiger partial charge in [-0.1, -0.05) is 30.3 Å². The number of hydrogen-bond donors (Lipinski definition) is 1. The standard InChI is InChI=1S/C16H20O3/c1-2-19-15-11-14(18)16(13(15)9-6-10-17)12-7-4-3-5-8-12/h3-5,7-8,11,13,16-17H,2,6,9-10H2,1H3/t13-,16-/m0/s1. The van der Waals surface area contributed by atoms with Crippen molar-refractivity contribution in [3.63, 3.8) is 0 Å². The summed E-state index contributed by atoms with van der Waals surface area (Å²) in [7, 11) is 0. The minimum atomic E-state index is -0.158. The van der Waals surface area contributed by atoms with Gasteiger partial charge in [-0.15, -0.1) is 0 Å². The van der Waals surface area contributed by atoms with Gasteiger partial charge in [0.25, 0.3) is 0 Å². The SMILES string of the molecule is CCOC1=CC(=O)[C@@H](c2ccccc2)[C@H]1CCCO. The molecular formula is C16H20O3. The second-order valence-electron chi connectivity index (χ2n) is 4.74. The van der Waals surface area contributed by atoms with Crippen LogP contribution in [0.4, 0.5) is 0 Å². The molecule has 0 bridgehead atoms. The van der Waals surface area contributed by atoms with Crippen LogP contribution in [-0.2, 0) is 9.53 Å². The van der Waals surface area contributed by atoms with Crippen molar-refractivity contribution in [2.45, 2.75) is 25.7 Å². The van der Waals surface area contributed by atoms with Gasteiger partial charge in [-0.3, -0.25) is 4.79 Å². The lowest BCUT2D eigenvalue weighted by atomic mass is 9.84. The fourth-order valence-corrected chi connectivity index (χ4v) is 2.69. The van der Waals surface area contributed by atoms with Gasteiger partial charge in [0.05, 0.1) is 12.5 Å². The largest absolute Gasteiger partial charge is 0.498 e. The van der Waals surface area contributed by atoms with E-state index in [4.69, 9.17) is 9.84 Å². The van der Waals surface area contributed by atoms with Gasteiger partial charge in [-0.25, -0.2) is 0 Å². The summed E-state index contributed by atoms with van der Waals surface area (Å²) in [6.07, 6.45) is 3.09. The molecule has 1 aliphatic carbocycles. The van der Waals surface area contributed by atoms with Gasteiger partial charge in [0.1, 0.15) is 5.76 Å². The first kappa shape index (κ1) is 13.8. The van der Waals surface area contributed by atoms with E-state index in [-0.39, 0.29) is 24.2 Å². The third kappa shape index (κ3) is 3.04. The van der Waals surface area contributed by atoms with E-state index >= 15 is 0 Å². The van der Waals surface area contributed by atoms with Crippen molar-refractivity contribution < 1.29 is 14.6 Å². The van der Waals surface area contributed by atoms with Crippen LogP contribution in [0.15, 0.2) is 42.2 Å². The van der Waals surface area contributed by atoms with Gasteiger partial charge >= 0.3 is 0 Å². The molecule has 102 valence electrons. The summed E-state index contributed by atoms with van der Waals surface area (Å²) in [6.45, 7) is 2.63. The summed E-state index contributed by atoms with van der Waals surface area (Å²) in [5, 5.41) is 9.02. The van der Waals surface area contributed by atoms with E-state index in [2.05, 4.69) is 0 Å². The number of aliphatic hydroxyl groups excluding tert-OH is 1. The average Bonchev–Trinajstić information content (AvgIpc) is 2.74. The quantitative estimate of drug-likeness (QED) is 0.855. The molecule has 0 fully saturated rings. The second kappa shape index (κ2) is 6.53. The molecule has 0 unspecified atom stereocenters. The molecule has 3 heteroatoms. The highest BCUT2D eigenvalue weighted by molar-refractivity contribution is 5.99. The number of benzene rings is 1. The Morgan fingerprint density at radius 2 is 2.00 bits per heavy atom. The van der Waals surface area contributed by atoms with Crippen LogP contribution in [0.25, 0.3) is 0 Å². The van der Waals surface area contributed by atoms with Crippen molar-refractivity contribution in [1.29, 1.82) is 0 Å². The summed E-state index contributed by atoms with van der Waals surface area (Å²) in [5.41, 5.74) is 1.03. The van der Waals surface area contributed by atoms with E-state index in [1.54, 1.807) is 6.08 Å². The van der Waals surface area contributed by atoms with E-state index in [1.165, 1.54) is 0 Å². The van der Waals surface area contributed by atoms with Gasteiger partial charge in [-0.05, 0) is 25.3 Å². The van der Waals surface area contributed by atoms with E-state index in [0.29, 0.717) is 13.0 Å². The Hall–Kier alpha value is -1.61. The summed E-state index contributed by atoms with van der Waals surface area (Å²) in [5.74, 6) is 0.781. The minimum absolute atomic E-state index is 0.0574. The number of hydrogen-bond acceptors (Lipinski definition) is 3. The Balaban J connectivity index is 2.24. The molecule has 0 amide bonds. The first-order chi connectivity index (χ1) is 9.27. The van der Waals surface area contributed by atoms with Crippen LogP contribution in [0, 0.1) is 5.92 Å². The predicted octanol–water partition coefficient (Wildman–Crippen LogP) is 2.66. The molecule has 1 aliphatic rings. The van der Waals surface area contributed by atoms with Crippen molar-refractivity contribution in [2.75, 3.05) is 13.2 Å². The average molecular weight is 260 g/mol. The predicted molar refractivity (Wildman–Crippen MR) is 73.7 cm³/mol. The Morgan fingerprint density at radius 1 is 1.26 bits per heavy atom. The number of allylic oxidation sites excluding steroid dienone is 2. The number of rotatable bonds is 6. The molecule has 0 saturated heterocycles.